The van der Waals surface area contributed by atoms with E-state index in [9.17, 15) is 4.79 Å². The summed E-state index contributed by atoms with van der Waals surface area (Å²) in [6.07, 6.45) is 4.25. The lowest BCUT2D eigenvalue weighted by atomic mass is 10.2. The molecule has 16 heavy (non-hydrogen) atoms. The molecular formula is C9H15N5OS. The van der Waals surface area contributed by atoms with Crippen molar-refractivity contribution in [3.05, 3.63) is 12.4 Å². The number of hydrogen-bond acceptors (Lipinski definition) is 6. The van der Waals surface area contributed by atoms with Gasteiger partial charge in [-0.1, -0.05) is 18.7 Å². The van der Waals surface area contributed by atoms with Gasteiger partial charge in [-0.15, -0.1) is 0 Å². The third kappa shape index (κ3) is 4.03. The number of aromatic nitrogens is 2. The Hall–Kier alpha value is -1.34. The molecular weight excluding hydrogens is 226 g/mol. The summed E-state index contributed by atoms with van der Waals surface area (Å²) in [6, 6.07) is 0. The van der Waals surface area contributed by atoms with E-state index in [1.54, 1.807) is 12.4 Å². The summed E-state index contributed by atoms with van der Waals surface area (Å²) in [4.78, 5) is 19.0. The fourth-order valence-corrected chi connectivity index (χ4v) is 1.99. The molecule has 88 valence electrons. The van der Waals surface area contributed by atoms with Crippen molar-refractivity contribution < 1.29 is 4.79 Å². The van der Waals surface area contributed by atoms with Crippen LogP contribution in [0.1, 0.15) is 19.8 Å². The molecule has 5 N–H and O–H groups in total. The number of thioether (sulfide) groups is 1. The van der Waals surface area contributed by atoms with E-state index < -0.39 is 0 Å². The van der Waals surface area contributed by atoms with E-state index in [-0.39, 0.29) is 11.2 Å². The number of anilines is 1. The van der Waals surface area contributed by atoms with E-state index in [4.69, 9.17) is 11.6 Å². The van der Waals surface area contributed by atoms with Crippen molar-refractivity contribution in [1.29, 1.82) is 0 Å². The van der Waals surface area contributed by atoms with Gasteiger partial charge in [-0.2, -0.15) is 0 Å². The number of nitrogens with zero attached hydrogens (tertiary/aromatic N) is 2. The van der Waals surface area contributed by atoms with E-state index >= 15 is 0 Å². The van der Waals surface area contributed by atoms with Crippen molar-refractivity contribution in [2.45, 2.75) is 30.0 Å². The first-order valence-corrected chi connectivity index (χ1v) is 5.74. The Bertz CT molecular complexity index is 360. The third-order valence-corrected chi connectivity index (χ3v) is 3.12. The third-order valence-electron chi connectivity index (χ3n) is 1.94. The minimum atomic E-state index is -0.167. The normalized spacial score (nSPS) is 12.1. The summed E-state index contributed by atoms with van der Waals surface area (Å²) < 4.78 is 0. The highest BCUT2D eigenvalue weighted by Crippen LogP contribution is 2.26. The molecule has 1 atom stereocenters. The van der Waals surface area contributed by atoms with E-state index in [2.05, 4.69) is 15.4 Å². The molecule has 1 aromatic heterocycles. The van der Waals surface area contributed by atoms with Crippen LogP contribution in [0.5, 0.6) is 0 Å². The van der Waals surface area contributed by atoms with E-state index in [1.807, 2.05) is 6.92 Å². The van der Waals surface area contributed by atoms with Crippen molar-refractivity contribution in [2.24, 2.45) is 5.84 Å². The molecule has 1 rings (SSSR count). The molecule has 1 heterocycles. The second-order valence-corrected chi connectivity index (χ2v) is 4.71. The van der Waals surface area contributed by atoms with Crippen molar-refractivity contribution in [1.82, 2.24) is 15.4 Å². The van der Waals surface area contributed by atoms with Gasteiger partial charge in [-0.25, -0.2) is 15.8 Å². The van der Waals surface area contributed by atoms with Gasteiger partial charge >= 0.3 is 0 Å². The Morgan fingerprint density at radius 1 is 1.56 bits per heavy atom. The van der Waals surface area contributed by atoms with Crippen LogP contribution in [-0.4, -0.2) is 21.1 Å². The monoisotopic (exact) mass is 241 g/mol. The van der Waals surface area contributed by atoms with Crippen molar-refractivity contribution >= 4 is 23.5 Å². The lowest BCUT2D eigenvalue weighted by molar-refractivity contribution is -0.121. The summed E-state index contributed by atoms with van der Waals surface area (Å²) >= 11 is 1.50. The minimum absolute atomic E-state index is 0.167. The summed E-state index contributed by atoms with van der Waals surface area (Å²) in [7, 11) is 0. The van der Waals surface area contributed by atoms with Gasteiger partial charge in [0.1, 0.15) is 5.03 Å². The number of nitrogens with two attached hydrogens (primary N) is 2. The molecule has 0 fully saturated rings. The molecule has 6 nitrogen and oxygen atoms in total. The molecule has 1 amide bonds. The molecule has 7 heteroatoms. The van der Waals surface area contributed by atoms with Gasteiger partial charge in [-0.3, -0.25) is 10.2 Å². The molecule has 0 spiro atoms. The second-order valence-electron chi connectivity index (χ2n) is 3.28. The zero-order valence-corrected chi connectivity index (χ0v) is 9.83. The van der Waals surface area contributed by atoms with Gasteiger partial charge in [-0.05, 0) is 6.42 Å². The Labute approximate surface area is 98.2 Å². The van der Waals surface area contributed by atoms with Crippen LogP contribution in [0.3, 0.4) is 0 Å². The quantitative estimate of drug-likeness (QED) is 0.296. The number of hydrogen-bond donors (Lipinski definition) is 3. The van der Waals surface area contributed by atoms with E-state index in [1.165, 1.54) is 11.8 Å². The highest BCUT2D eigenvalue weighted by atomic mass is 32.2. The van der Waals surface area contributed by atoms with Gasteiger partial charge in [0.15, 0.2) is 5.82 Å². The topological polar surface area (TPSA) is 107 Å². The fraction of sp³-hybridized carbons (Fsp3) is 0.444. The van der Waals surface area contributed by atoms with Crippen LogP contribution in [0, 0.1) is 0 Å². The van der Waals surface area contributed by atoms with Crippen LogP contribution in [0.25, 0.3) is 0 Å². The van der Waals surface area contributed by atoms with Crippen LogP contribution in [0.15, 0.2) is 17.4 Å². The van der Waals surface area contributed by atoms with Crippen LogP contribution in [0.4, 0.5) is 5.82 Å². The average molecular weight is 241 g/mol. The zero-order valence-electron chi connectivity index (χ0n) is 9.01. The Morgan fingerprint density at radius 2 is 2.25 bits per heavy atom. The molecule has 0 saturated carbocycles. The molecule has 0 radical (unpaired) electrons. The molecule has 0 aliphatic carbocycles. The van der Waals surface area contributed by atoms with Gasteiger partial charge in [0.25, 0.3) is 0 Å². The minimum Gasteiger partial charge on any atom is -0.381 e. The zero-order chi connectivity index (χ0) is 12.0. The van der Waals surface area contributed by atoms with Gasteiger partial charge in [0.2, 0.25) is 5.91 Å². The van der Waals surface area contributed by atoms with Crippen molar-refractivity contribution in [3.63, 3.8) is 0 Å². The number of carbonyl (C=O) groups excluding carboxylic acids is 1. The highest BCUT2D eigenvalue weighted by molar-refractivity contribution is 8.00. The SMILES string of the molecule is CC(CCC(=O)NN)Sc1nccnc1N. The number of hydrazine groups is 1. The van der Waals surface area contributed by atoms with Crippen molar-refractivity contribution in [2.75, 3.05) is 5.73 Å². The van der Waals surface area contributed by atoms with Gasteiger partial charge in [0, 0.05) is 24.1 Å². The predicted molar refractivity (Wildman–Crippen MR) is 63.3 cm³/mol. The van der Waals surface area contributed by atoms with Crippen LogP contribution in [-0.2, 0) is 4.79 Å². The fourth-order valence-electron chi connectivity index (χ4n) is 1.08. The Morgan fingerprint density at radius 3 is 2.88 bits per heavy atom. The molecule has 1 unspecified atom stereocenters. The first-order chi connectivity index (χ1) is 7.63. The number of nitrogen functional groups attached to an aromatic ring is 1. The van der Waals surface area contributed by atoms with E-state index in [0.29, 0.717) is 23.7 Å². The maximum atomic E-state index is 10.9. The lowest BCUT2D eigenvalue weighted by Gasteiger charge is -2.10. The van der Waals surface area contributed by atoms with E-state index in [0.717, 1.165) is 0 Å². The largest absolute Gasteiger partial charge is 0.381 e. The van der Waals surface area contributed by atoms with Crippen LogP contribution >= 0.6 is 11.8 Å². The molecule has 0 bridgehead atoms. The van der Waals surface area contributed by atoms with Gasteiger partial charge in [0.05, 0.1) is 0 Å². The van der Waals surface area contributed by atoms with Crippen LogP contribution < -0.4 is 17.0 Å². The number of rotatable bonds is 5. The number of carbonyl (C=O) groups is 1. The summed E-state index contributed by atoms with van der Waals surface area (Å²) in [5, 5.41) is 0.930. The first kappa shape index (κ1) is 12.7. The molecule has 0 aromatic carbocycles. The molecule has 0 aliphatic rings. The molecule has 0 aliphatic heterocycles. The second kappa shape index (κ2) is 6.29. The smallest absolute Gasteiger partial charge is 0.233 e. The maximum absolute atomic E-state index is 10.9. The molecule has 1 aromatic rings. The highest BCUT2D eigenvalue weighted by Gasteiger charge is 2.10. The standard InChI is InChI=1S/C9H15N5OS/c1-6(2-3-7(15)14-11)16-9-8(10)12-4-5-13-9/h4-6H,2-3,11H2,1H3,(H2,10,12)(H,14,15). The number of amides is 1. The summed E-state index contributed by atoms with van der Waals surface area (Å²) in [5.41, 5.74) is 7.75. The molecule has 0 saturated heterocycles. The predicted octanol–water partition coefficient (Wildman–Crippen LogP) is 0.309. The lowest BCUT2D eigenvalue weighted by Crippen LogP contribution is -2.30. The number of nitrogens with one attached hydrogen (secondary N) is 1. The van der Waals surface area contributed by atoms with Crippen molar-refractivity contribution in [3.8, 4) is 0 Å². The van der Waals surface area contributed by atoms with Crippen LogP contribution in [0.2, 0.25) is 0 Å². The van der Waals surface area contributed by atoms with Gasteiger partial charge < -0.3 is 5.73 Å². The summed E-state index contributed by atoms with van der Waals surface area (Å²) in [6.45, 7) is 2.00. The average Bonchev–Trinajstić information content (AvgIpc) is 2.29. The maximum Gasteiger partial charge on any atom is 0.233 e. The Kier molecular flexibility index (Phi) is 5.00. The Balaban J connectivity index is 2.43. The summed E-state index contributed by atoms with van der Waals surface area (Å²) in [5.74, 6) is 5.24. The first-order valence-electron chi connectivity index (χ1n) is 4.86.